The average molecular weight is 421 g/mol. The Morgan fingerprint density at radius 2 is 1.42 bits per heavy atom. The minimum absolute atomic E-state index is 0.0594. The van der Waals surface area contributed by atoms with Gasteiger partial charge in [0.15, 0.2) is 0 Å². The minimum Gasteiger partial charge on any atom is -0.322 e. The van der Waals surface area contributed by atoms with Gasteiger partial charge in [0.1, 0.15) is 0 Å². The largest absolute Gasteiger partial charge is 0.322 e. The predicted molar refractivity (Wildman–Crippen MR) is 132 cm³/mol. The van der Waals surface area contributed by atoms with Crippen LogP contribution in [0.4, 0.5) is 5.69 Å². The molecule has 0 aromatic heterocycles. The Bertz CT molecular complexity index is 756. The number of amides is 1. The van der Waals surface area contributed by atoms with Crippen LogP contribution >= 0.6 is 0 Å². The number of rotatable bonds is 15. The van der Waals surface area contributed by atoms with E-state index in [-0.39, 0.29) is 5.91 Å². The summed E-state index contributed by atoms with van der Waals surface area (Å²) in [5.74, 6) is 0.567. The third-order valence-corrected chi connectivity index (χ3v) is 6.36. The van der Waals surface area contributed by atoms with Crippen LogP contribution in [0.1, 0.15) is 99.4 Å². The van der Waals surface area contributed by atoms with Crippen LogP contribution in [0.5, 0.6) is 0 Å². The van der Waals surface area contributed by atoms with E-state index in [9.17, 15) is 4.79 Å². The fourth-order valence-electron chi connectivity index (χ4n) is 4.30. The van der Waals surface area contributed by atoms with E-state index in [2.05, 4.69) is 29.7 Å². The molecule has 0 aliphatic heterocycles. The zero-order chi connectivity index (χ0) is 21.7. The molecule has 0 heterocycles. The molecule has 0 bridgehead atoms. The monoisotopic (exact) mass is 420 g/mol. The number of benzene rings is 2. The van der Waals surface area contributed by atoms with Gasteiger partial charge in [0.05, 0.1) is 0 Å². The Kier molecular flexibility index (Phi) is 10.1. The van der Waals surface area contributed by atoms with E-state index < -0.39 is 0 Å². The lowest BCUT2D eigenvalue weighted by Gasteiger charge is -2.07. The van der Waals surface area contributed by atoms with E-state index in [1.807, 2.05) is 42.5 Å². The van der Waals surface area contributed by atoms with Crippen molar-refractivity contribution in [1.82, 2.24) is 5.32 Å². The summed E-state index contributed by atoms with van der Waals surface area (Å²) in [7, 11) is 0. The molecular weight excluding hydrogens is 380 g/mol. The first-order chi connectivity index (χ1) is 15.3. The first-order valence-electron chi connectivity index (χ1n) is 12.5. The van der Waals surface area contributed by atoms with Crippen molar-refractivity contribution in [2.45, 2.75) is 89.5 Å². The minimum atomic E-state index is -0.0594. The molecular formula is C28H40N2O. The van der Waals surface area contributed by atoms with Crippen LogP contribution in [0.15, 0.2) is 54.6 Å². The Morgan fingerprint density at radius 1 is 0.806 bits per heavy atom. The summed E-state index contributed by atoms with van der Waals surface area (Å²) in [5.41, 5.74) is 2.91. The maximum atomic E-state index is 12.3. The van der Waals surface area contributed by atoms with Crippen LogP contribution in [0.25, 0.3) is 0 Å². The molecule has 2 atom stereocenters. The number of anilines is 1. The highest BCUT2D eigenvalue weighted by atomic mass is 16.1. The number of nitrogens with one attached hydrogen (secondary N) is 2. The summed E-state index contributed by atoms with van der Waals surface area (Å²) in [4.78, 5) is 12.3. The molecule has 3 rings (SSSR count). The van der Waals surface area contributed by atoms with Gasteiger partial charge in [-0.1, -0.05) is 95.0 Å². The number of unbranched alkanes of at least 4 members (excludes halogenated alkanes) is 9. The Morgan fingerprint density at radius 3 is 2.06 bits per heavy atom. The maximum Gasteiger partial charge on any atom is 0.255 e. The van der Waals surface area contributed by atoms with Crippen molar-refractivity contribution in [2.75, 3.05) is 11.9 Å². The van der Waals surface area contributed by atoms with Gasteiger partial charge in [0.25, 0.3) is 5.91 Å². The number of hydrogen-bond acceptors (Lipinski definition) is 2. The molecule has 168 valence electrons. The van der Waals surface area contributed by atoms with Gasteiger partial charge in [-0.3, -0.25) is 4.79 Å². The SMILES string of the molecule is CCCCCCCCCCCCNC1CC1c1ccc(NC(=O)c2ccccc2)cc1. The lowest BCUT2D eigenvalue weighted by molar-refractivity contribution is 0.102. The molecule has 1 fully saturated rings. The summed E-state index contributed by atoms with van der Waals surface area (Å²) in [5, 5.41) is 6.71. The topological polar surface area (TPSA) is 41.1 Å². The number of carbonyl (C=O) groups excluding carboxylic acids is 1. The molecule has 3 nitrogen and oxygen atoms in total. The van der Waals surface area contributed by atoms with Gasteiger partial charge >= 0.3 is 0 Å². The van der Waals surface area contributed by atoms with Crippen molar-refractivity contribution in [1.29, 1.82) is 0 Å². The molecule has 2 unspecified atom stereocenters. The lowest BCUT2D eigenvalue weighted by atomic mass is 10.1. The van der Waals surface area contributed by atoms with E-state index in [0.717, 1.165) is 12.2 Å². The van der Waals surface area contributed by atoms with Crippen LogP contribution in [-0.2, 0) is 0 Å². The van der Waals surface area contributed by atoms with Gasteiger partial charge in [-0.25, -0.2) is 0 Å². The first kappa shape index (κ1) is 23.5. The smallest absolute Gasteiger partial charge is 0.255 e. The Balaban J connectivity index is 1.24. The van der Waals surface area contributed by atoms with Crippen molar-refractivity contribution in [3.05, 3.63) is 65.7 Å². The Labute approximate surface area is 189 Å². The molecule has 0 saturated heterocycles. The third kappa shape index (κ3) is 8.49. The number of hydrogen-bond donors (Lipinski definition) is 2. The van der Waals surface area contributed by atoms with Gasteiger partial charge in [-0.2, -0.15) is 0 Å². The van der Waals surface area contributed by atoms with Crippen molar-refractivity contribution >= 4 is 11.6 Å². The van der Waals surface area contributed by atoms with Crippen LogP contribution in [0.3, 0.4) is 0 Å². The highest BCUT2D eigenvalue weighted by Crippen LogP contribution is 2.41. The highest BCUT2D eigenvalue weighted by Gasteiger charge is 2.37. The third-order valence-electron chi connectivity index (χ3n) is 6.36. The van der Waals surface area contributed by atoms with Gasteiger partial charge in [0, 0.05) is 23.2 Å². The summed E-state index contributed by atoms with van der Waals surface area (Å²) >= 11 is 0. The molecule has 3 heteroatoms. The molecule has 1 saturated carbocycles. The second-order valence-corrected chi connectivity index (χ2v) is 9.03. The summed E-state index contributed by atoms with van der Waals surface area (Å²) in [6.07, 6.45) is 15.1. The van der Waals surface area contributed by atoms with Crippen LogP contribution in [0.2, 0.25) is 0 Å². The summed E-state index contributed by atoms with van der Waals surface area (Å²) in [6.45, 7) is 3.42. The molecule has 2 aromatic carbocycles. The molecule has 31 heavy (non-hydrogen) atoms. The fraction of sp³-hybridized carbons (Fsp3) is 0.536. The van der Waals surface area contributed by atoms with Gasteiger partial charge in [0.2, 0.25) is 0 Å². The molecule has 1 amide bonds. The average Bonchev–Trinajstić information content (AvgIpc) is 3.58. The van der Waals surface area contributed by atoms with Crippen molar-refractivity contribution in [3.8, 4) is 0 Å². The first-order valence-corrected chi connectivity index (χ1v) is 12.5. The van der Waals surface area contributed by atoms with Crippen molar-refractivity contribution in [3.63, 3.8) is 0 Å². The fourth-order valence-corrected chi connectivity index (χ4v) is 4.30. The van der Waals surface area contributed by atoms with Crippen LogP contribution in [0, 0.1) is 0 Å². The van der Waals surface area contributed by atoms with E-state index in [1.54, 1.807) is 0 Å². The van der Waals surface area contributed by atoms with E-state index in [1.165, 1.54) is 76.2 Å². The molecule has 2 N–H and O–H groups in total. The zero-order valence-electron chi connectivity index (χ0n) is 19.2. The normalized spacial score (nSPS) is 17.5. The van der Waals surface area contributed by atoms with E-state index in [0.29, 0.717) is 17.5 Å². The predicted octanol–water partition coefficient (Wildman–Crippen LogP) is 7.31. The van der Waals surface area contributed by atoms with E-state index >= 15 is 0 Å². The summed E-state index contributed by atoms with van der Waals surface area (Å²) < 4.78 is 0. The zero-order valence-corrected chi connectivity index (χ0v) is 19.2. The van der Waals surface area contributed by atoms with Crippen molar-refractivity contribution in [2.24, 2.45) is 0 Å². The van der Waals surface area contributed by atoms with Crippen molar-refractivity contribution < 1.29 is 4.79 Å². The quantitative estimate of drug-likeness (QED) is 0.297. The molecule has 0 spiro atoms. The van der Waals surface area contributed by atoms with Crippen LogP contribution in [-0.4, -0.2) is 18.5 Å². The molecule has 0 radical (unpaired) electrons. The molecule has 2 aromatic rings. The number of carbonyl (C=O) groups is 1. The second-order valence-electron chi connectivity index (χ2n) is 9.03. The van der Waals surface area contributed by atoms with E-state index in [4.69, 9.17) is 0 Å². The van der Waals surface area contributed by atoms with Gasteiger partial charge in [-0.05, 0) is 49.2 Å². The maximum absolute atomic E-state index is 12.3. The Hall–Kier alpha value is -2.13. The second kappa shape index (κ2) is 13.3. The highest BCUT2D eigenvalue weighted by molar-refractivity contribution is 6.04. The van der Waals surface area contributed by atoms with Crippen LogP contribution < -0.4 is 10.6 Å². The standard InChI is InChI=1S/C28H40N2O/c1-2-3-4-5-6-7-8-9-10-14-21-29-27-22-26(27)23-17-19-25(20-18-23)30-28(31)24-15-12-11-13-16-24/h11-13,15-20,26-27,29H,2-10,14,21-22H2,1H3,(H,30,31). The molecule has 1 aliphatic rings. The van der Waals surface area contributed by atoms with Gasteiger partial charge < -0.3 is 10.6 Å². The lowest BCUT2D eigenvalue weighted by Crippen LogP contribution is -2.19. The summed E-state index contributed by atoms with van der Waals surface area (Å²) in [6, 6.07) is 18.3. The van der Waals surface area contributed by atoms with Gasteiger partial charge in [-0.15, -0.1) is 0 Å². The molecule has 1 aliphatic carbocycles.